The second kappa shape index (κ2) is 13.7. The van der Waals surface area contributed by atoms with E-state index in [1.807, 2.05) is 44.2 Å². The molecule has 0 N–H and O–H groups in total. The SMILES string of the molecule is C=C/C=C(C)\C=C/C.CCc1cccc2ccccc12.Cc1ccc(Br)cc1. The van der Waals surface area contributed by atoms with Gasteiger partial charge in [-0.3, -0.25) is 0 Å². The Morgan fingerprint density at radius 1 is 0.964 bits per heavy atom. The molecule has 146 valence electrons. The number of benzene rings is 3. The summed E-state index contributed by atoms with van der Waals surface area (Å²) in [5.74, 6) is 0. The second-order valence-corrected chi connectivity index (χ2v) is 7.35. The summed E-state index contributed by atoms with van der Waals surface area (Å²) in [6.45, 7) is 11.9. The van der Waals surface area contributed by atoms with E-state index in [2.05, 4.69) is 91.0 Å². The molecule has 3 aromatic carbocycles. The first-order chi connectivity index (χ1) is 13.5. The number of hydrogen-bond donors (Lipinski definition) is 0. The summed E-state index contributed by atoms with van der Waals surface area (Å²) in [6.07, 6.45) is 8.92. The molecule has 0 atom stereocenters. The van der Waals surface area contributed by atoms with E-state index < -0.39 is 0 Å². The van der Waals surface area contributed by atoms with Gasteiger partial charge in [0.1, 0.15) is 0 Å². The highest BCUT2D eigenvalue weighted by Crippen LogP contribution is 2.18. The Balaban J connectivity index is 0.000000219. The summed E-state index contributed by atoms with van der Waals surface area (Å²) in [4.78, 5) is 0. The molecule has 0 unspecified atom stereocenters. The van der Waals surface area contributed by atoms with Gasteiger partial charge in [-0.2, -0.15) is 0 Å². The predicted molar refractivity (Wildman–Crippen MR) is 131 cm³/mol. The van der Waals surface area contributed by atoms with E-state index in [0.29, 0.717) is 0 Å². The van der Waals surface area contributed by atoms with Crippen molar-refractivity contribution in [1.82, 2.24) is 0 Å². The van der Waals surface area contributed by atoms with Crippen LogP contribution in [0.4, 0.5) is 0 Å². The van der Waals surface area contributed by atoms with Gasteiger partial charge in [0, 0.05) is 4.47 Å². The van der Waals surface area contributed by atoms with Gasteiger partial charge in [0.2, 0.25) is 0 Å². The van der Waals surface area contributed by atoms with Crippen LogP contribution in [0, 0.1) is 6.92 Å². The van der Waals surface area contributed by atoms with Crippen LogP contribution in [-0.4, -0.2) is 0 Å². The van der Waals surface area contributed by atoms with Crippen molar-refractivity contribution in [3.63, 3.8) is 0 Å². The van der Waals surface area contributed by atoms with E-state index in [4.69, 9.17) is 0 Å². The zero-order valence-electron chi connectivity index (χ0n) is 17.5. The molecule has 1 heteroatoms. The van der Waals surface area contributed by atoms with Crippen LogP contribution in [0.1, 0.15) is 31.9 Å². The van der Waals surface area contributed by atoms with E-state index in [1.54, 1.807) is 6.08 Å². The van der Waals surface area contributed by atoms with Crippen LogP contribution in [0.2, 0.25) is 0 Å². The molecule has 0 aliphatic rings. The molecule has 0 aliphatic carbocycles. The molecule has 28 heavy (non-hydrogen) atoms. The highest BCUT2D eigenvalue weighted by Gasteiger charge is 1.95. The molecule has 3 aromatic rings. The monoisotopic (exact) mass is 434 g/mol. The van der Waals surface area contributed by atoms with Crippen LogP contribution in [0.5, 0.6) is 0 Å². The summed E-state index contributed by atoms with van der Waals surface area (Å²) < 4.78 is 1.14. The molecule has 0 bridgehead atoms. The number of allylic oxidation sites excluding steroid dienone is 5. The van der Waals surface area contributed by atoms with Gasteiger partial charge in [0.15, 0.2) is 0 Å². The topological polar surface area (TPSA) is 0 Å². The van der Waals surface area contributed by atoms with Crippen LogP contribution < -0.4 is 0 Å². The van der Waals surface area contributed by atoms with Crippen molar-refractivity contribution in [2.45, 2.75) is 34.1 Å². The first-order valence-electron chi connectivity index (χ1n) is 9.62. The summed E-state index contributed by atoms with van der Waals surface area (Å²) >= 11 is 3.35. The molecule has 0 amide bonds. The van der Waals surface area contributed by atoms with Crippen LogP contribution in [-0.2, 0) is 6.42 Å². The molecule has 0 saturated carbocycles. The number of hydrogen-bond acceptors (Lipinski definition) is 0. The third-order valence-electron chi connectivity index (χ3n) is 4.08. The Labute approximate surface area is 179 Å². The Morgan fingerprint density at radius 3 is 2.18 bits per heavy atom. The highest BCUT2D eigenvalue weighted by molar-refractivity contribution is 9.10. The van der Waals surface area contributed by atoms with Crippen molar-refractivity contribution in [2.75, 3.05) is 0 Å². The number of halogens is 1. The van der Waals surface area contributed by atoms with Crippen LogP contribution in [0.3, 0.4) is 0 Å². The number of fused-ring (bicyclic) bond motifs is 1. The zero-order chi connectivity index (χ0) is 20.8. The average molecular weight is 435 g/mol. The number of rotatable bonds is 3. The van der Waals surface area contributed by atoms with Crippen LogP contribution >= 0.6 is 15.9 Å². The molecule has 0 nitrogen and oxygen atoms in total. The van der Waals surface area contributed by atoms with Crippen molar-refractivity contribution >= 4 is 26.7 Å². The van der Waals surface area contributed by atoms with Gasteiger partial charge < -0.3 is 0 Å². The van der Waals surface area contributed by atoms with Crippen molar-refractivity contribution in [3.8, 4) is 0 Å². The first kappa shape index (κ1) is 23.7. The molecule has 0 aliphatic heterocycles. The lowest BCUT2D eigenvalue weighted by molar-refractivity contribution is 1.16. The largest absolute Gasteiger partial charge is 0.0991 e. The van der Waals surface area contributed by atoms with E-state index in [0.717, 1.165) is 10.9 Å². The van der Waals surface area contributed by atoms with Crippen LogP contribution in [0.25, 0.3) is 10.8 Å². The van der Waals surface area contributed by atoms with Gasteiger partial charge in [-0.05, 0) is 55.7 Å². The molecule has 0 radical (unpaired) electrons. The van der Waals surface area contributed by atoms with Gasteiger partial charge in [-0.25, -0.2) is 0 Å². The smallest absolute Gasteiger partial charge is 0.0175 e. The summed E-state index contributed by atoms with van der Waals surface area (Å²) in [5.41, 5.74) is 3.98. The maximum Gasteiger partial charge on any atom is 0.0175 e. The van der Waals surface area contributed by atoms with Gasteiger partial charge in [0.05, 0.1) is 0 Å². The number of aryl methyl sites for hydroxylation is 2. The lowest BCUT2D eigenvalue weighted by atomic mass is 10.0. The van der Waals surface area contributed by atoms with Gasteiger partial charge in [0.25, 0.3) is 0 Å². The molecule has 0 heterocycles. The molecule has 3 rings (SSSR count). The fraction of sp³-hybridized carbons (Fsp3) is 0.185. The maximum atomic E-state index is 3.57. The Morgan fingerprint density at radius 2 is 1.61 bits per heavy atom. The molecular weight excluding hydrogens is 404 g/mol. The highest BCUT2D eigenvalue weighted by atomic mass is 79.9. The van der Waals surface area contributed by atoms with Gasteiger partial charge in [-0.1, -0.05) is 119 Å². The lowest BCUT2D eigenvalue weighted by Crippen LogP contribution is -1.81. The van der Waals surface area contributed by atoms with E-state index in [-0.39, 0.29) is 0 Å². The Hall–Kier alpha value is -2.38. The zero-order valence-corrected chi connectivity index (χ0v) is 19.0. The maximum absolute atomic E-state index is 3.57. The Bertz CT molecular complexity index is 873. The second-order valence-electron chi connectivity index (χ2n) is 6.43. The molecule has 0 fully saturated rings. The van der Waals surface area contributed by atoms with Crippen molar-refractivity contribution in [2.24, 2.45) is 0 Å². The molecule has 0 aromatic heterocycles. The van der Waals surface area contributed by atoms with Crippen molar-refractivity contribution in [1.29, 1.82) is 0 Å². The molecular formula is C27H31Br. The minimum absolute atomic E-state index is 1.11. The van der Waals surface area contributed by atoms with E-state index >= 15 is 0 Å². The van der Waals surface area contributed by atoms with Crippen molar-refractivity contribution in [3.05, 3.63) is 119 Å². The standard InChI is InChI=1S/C12H12.C8H12.C7H7Br/c1-2-10-7-5-8-11-6-3-4-9-12(10)11;1-4-6-8(3)7-5-2;1-6-2-4-7(8)5-3-6/h3-9H,2H2,1H3;4-7H,1H2,2-3H3;2-5H,1H3/b;7-5-,8-6-;. The first-order valence-corrected chi connectivity index (χ1v) is 10.4. The van der Waals surface area contributed by atoms with Gasteiger partial charge >= 0.3 is 0 Å². The minimum Gasteiger partial charge on any atom is -0.0991 e. The summed E-state index contributed by atoms with van der Waals surface area (Å²) in [6, 6.07) is 23.2. The average Bonchev–Trinajstić information content (AvgIpc) is 2.71. The Kier molecular flexibility index (Phi) is 11.6. The fourth-order valence-electron chi connectivity index (χ4n) is 2.64. The summed E-state index contributed by atoms with van der Waals surface area (Å²) in [7, 11) is 0. The molecule has 0 spiro atoms. The predicted octanol–water partition coefficient (Wildman–Crippen LogP) is 8.85. The summed E-state index contributed by atoms with van der Waals surface area (Å²) in [5, 5.41) is 2.74. The quantitative estimate of drug-likeness (QED) is 0.361. The molecule has 0 saturated heterocycles. The van der Waals surface area contributed by atoms with E-state index in [1.165, 1.54) is 27.5 Å². The normalized spacial score (nSPS) is 10.7. The van der Waals surface area contributed by atoms with Crippen LogP contribution in [0.15, 0.2) is 108 Å². The lowest BCUT2D eigenvalue weighted by Gasteiger charge is -2.02. The third kappa shape index (κ3) is 9.01. The van der Waals surface area contributed by atoms with E-state index in [9.17, 15) is 0 Å². The minimum atomic E-state index is 1.11. The van der Waals surface area contributed by atoms with Gasteiger partial charge in [-0.15, -0.1) is 0 Å². The third-order valence-corrected chi connectivity index (χ3v) is 4.61. The van der Waals surface area contributed by atoms with Crippen molar-refractivity contribution < 1.29 is 0 Å². The fourth-order valence-corrected chi connectivity index (χ4v) is 2.90.